The number of sulfone groups is 1. The van der Waals surface area contributed by atoms with Crippen molar-refractivity contribution in [1.29, 1.82) is 0 Å². The average molecular weight is 197 g/mol. The summed E-state index contributed by atoms with van der Waals surface area (Å²) in [7, 11) is -2.68. The summed E-state index contributed by atoms with van der Waals surface area (Å²) in [5.74, 6) is 0.709. The van der Waals surface area contributed by atoms with Crippen LogP contribution in [0.15, 0.2) is 0 Å². The highest BCUT2D eigenvalue weighted by Gasteiger charge is 2.21. The molecule has 0 aliphatic carbocycles. The van der Waals surface area contributed by atoms with Crippen LogP contribution in [-0.2, 0) is 9.84 Å². The third-order valence-corrected chi connectivity index (χ3v) is 5.03. The lowest BCUT2D eigenvalue weighted by atomic mass is 10.6. The summed E-state index contributed by atoms with van der Waals surface area (Å²) in [6.07, 6.45) is 4.32. The molecule has 1 saturated heterocycles. The highest BCUT2D eigenvalue weighted by molar-refractivity contribution is 8.13. The van der Waals surface area contributed by atoms with Gasteiger partial charge in [-0.1, -0.05) is 0 Å². The number of rotatable bonds is 1. The Morgan fingerprint density at radius 3 is 2.00 bits per heavy atom. The molecule has 1 aliphatic heterocycles. The van der Waals surface area contributed by atoms with Crippen LogP contribution >= 0.6 is 11.1 Å². The van der Waals surface area contributed by atoms with Crippen LogP contribution in [0, 0.1) is 0 Å². The van der Waals surface area contributed by atoms with Gasteiger partial charge in [-0.3, -0.25) is 4.31 Å². The van der Waals surface area contributed by atoms with E-state index in [2.05, 4.69) is 16.8 Å². The second-order valence-corrected chi connectivity index (χ2v) is 7.52. The Morgan fingerprint density at radius 2 is 1.64 bits per heavy atom. The molecule has 1 aliphatic rings. The van der Waals surface area contributed by atoms with Crippen molar-refractivity contribution in [1.82, 2.24) is 4.31 Å². The Kier molecular flexibility index (Phi) is 2.83. The average Bonchev–Trinajstić information content (AvgIpc) is 1.86. The Hall–Kier alpha value is 0.260. The Labute approximate surface area is 71.2 Å². The summed E-state index contributed by atoms with van der Waals surface area (Å²) in [5, 5.41) is 0. The normalized spacial score (nSPS) is 26.5. The summed E-state index contributed by atoms with van der Waals surface area (Å²) in [4.78, 5) is 0. The standard InChI is InChI=1S/C6H15NO2S2/c1-10(2)7-3-5-11(8,9)6-4-7/h10H,3-6H2,1-2H3. The molecule has 0 atom stereocenters. The Morgan fingerprint density at radius 1 is 1.18 bits per heavy atom. The van der Waals surface area contributed by atoms with Gasteiger partial charge in [-0.05, 0) is 12.5 Å². The second kappa shape index (κ2) is 3.33. The second-order valence-electron chi connectivity index (χ2n) is 2.95. The highest BCUT2D eigenvalue weighted by Crippen LogP contribution is 2.22. The topological polar surface area (TPSA) is 37.4 Å². The SMILES string of the molecule is C[SH](C)N1CCS(=O)(=O)CC1. The van der Waals surface area contributed by atoms with Crippen molar-refractivity contribution in [3.05, 3.63) is 0 Å². The maximum Gasteiger partial charge on any atom is 0.152 e. The zero-order chi connectivity index (χ0) is 8.48. The molecule has 0 N–H and O–H groups in total. The van der Waals surface area contributed by atoms with Crippen molar-refractivity contribution >= 4 is 20.9 Å². The monoisotopic (exact) mass is 197 g/mol. The molecule has 68 valence electrons. The first-order valence-electron chi connectivity index (χ1n) is 3.64. The van der Waals surface area contributed by atoms with E-state index in [0.717, 1.165) is 13.1 Å². The molecule has 1 fully saturated rings. The molecular formula is C6H15NO2S2. The molecule has 11 heavy (non-hydrogen) atoms. The number of hydrogen-bond donors (Lipinski definition) is 1. The molecule has 0 unspecified atom stereocenters. The smallest absolute Gasteiger partial charge is 0.152 e. The van der Waals surface area contributed by atoms with Crippen molar-refractivity contribution in [2.75, 3.05) is 37.1 Å². The van der Waals surface area contributed by atoms with Crippen LogP contribution in [0.4, 0.5) is 0 Å². The van der Waals surface area contributed by atoms with E-state index < -0.39 is 9.84 Å². The summed E-state index contributed by atoms with van der Waals surface area (Å²) < 4.78 is 24.3. The lowest BCUT2D eigenvalue weighted by molar-refractivity contribution is 0.486. The van der Waals surface area contributed by atoms with Gasteiger partial charge in [0.1, 0.15) is 0 Å². The predicted molar refractivity (Wildman–Crippen MR) is 51.1 cm³/mol. The molecule has 5 heteroatoms. The van der Waals surface area contributed by atoms with E-state index in [4.69, 9.17) is 0 Å². The zero-order valence-electron chi connectivity index (χ0n) is 6.95. The van der Waals surface area contributed by atoms with Crippen LogP contribution in [0.25, 0.3) is 0 Å². The van der Waals surface area contributed by atoms with Gasteiger partial charge in [0.2, 0.25) is 0 Å². The third kappa shape index (κ3) is 2.65. The van der Waals surface area contributed by atoms with Gasteiger partial charge in [-0.25, -0.2) is 19.5 Å². The number of hydrogen-bond acceptors (Lipinski definition) is 3. The van der Waals surface area contributed by atoms with Gasteiger partial charge >= 0.3 is 0 Å². The quantitative estimate of drug-likeness (QED) is 0.596. The van der Waals surface area contributed by atoms with Crippen molar-refractivity contribution in [3.63, 3.8) is 0 Å². The van der Waals surface area contributed by atoms with Crippen LogP contribution in [0.2, 0.25) is 0 Å². The first-order valence-corrected chi connectivity index (χ1v) is 7.65. The van der Waals surface area contributed by atoms with Crippen LogP contribution in [0.5, 0.6) is 0 Å². The molecular weight excluding hydrogens is 182 g/mol. The summed E-state index contributed by atoms with van der Waals surface area (Å²) in [6, 6.07) is 0. The van der Waals surface area contributed by atoms with E-state index >= 15 is 0 Å². The van der Waals surface area contributed by atoms with E-state index in [1.54, 1.807) is 0 Å². The van der Waals surface area contributed by atoms with Crippen molar-refractivity contribution < 1.29 is 8.42 Å². The van der Waals surface area contributed by atoms with Gasteiger partial charge in [0, 0.05) is 13.1 Å². The lowest BCUT2D eigenvalue weighted by Gasteiger charge is -2.32. The number of thiol groups is 1. The van der Waals surface area contributed by atoms with Crippen LogP contribution in [0.1, 0.15) is 0 Å². The minimum absolute atomic E-state index is 0.0912. The van der Waals surface area contributed by atoms with Crippen molar-refractivity contribution in [3.8, 4) is 0 Å². The van der Waals surface area contributed by atoms with Gasteiger partial charge in [-0.15, -0.1) is 0 Å². The minimum atomic E-state index is -2.68. The maximum absolute atomic E-state index is 11.0. The molecule has 0 amide bonds. The van der Waals surface area contributed by atoms with Gasteiger partial charge in [0.15, 0.2) is 9.84 Å². The predicted octanol–water partition coefficient (Wildman–Crippen LogP) is -0.107. The zero-order valence-corrected chi connectivity index (χ0v) is 8.66. The molecule has 3 nitrogen and oxygen atoms in total. The fourth-order valence-corrected chi connectivity index (χ4v) is 3.57. The summed E-state index contributed by atoms with van der Waals surface area (Å²) in [5.41, 5.74) is 0. The lowest BCUT2D eigenvalue weighted by Crippen LogP contribution is -2.37. The summed E-state index contributed by atoms with van der Waals surface area (Å²) >= 11 is -0.0912. The van der Waals surface area contributed by atoms with E-state index in [9.17, 15) is 8.42 Å². The largest absolute Gasteiger partial charge is 0.269 e. The first-order chi connectivity index (χ1) is 5.01. The summed E-state index contributed by atoms with van der Waals surface area (Å²) in [6.45, 7) is 1.47. The maximum atomic E-state index is 11.0. The van der Waals surface area contributed by atoms with Crippen LogP contribution in [0.3, 0.4) is 0 Å². The van der Waals surface area contributed by atoms with E-state index in [0.29, 0.717) is 11.5 Å². The Balaban J connectivity index is 2.49. The molecule has 1 heterocycles. The van der Waals surface area contributed by atoms with Crippen molar-refractivity contribution in [2.24, 2.45) is 0 Å². The van der Waals surface area contributed by atoms with E-state index in [1.807, 2.05) is 0 Å². The number of nitrogens with zero attached hydrogens (tertiary/aromatic N) is 1. The molecule has 0 aromatic heterocycles. The molecule has 0 aromatic rings. The molecule has 0 bridgehead atoms. The third-order valence-electron chi connectivity index (χ3n) is 1.89. The van der Waals surface area contributed by atoms with E-state index in [-0.39, 0.29) is 11.1 Å². The molecule has 0 saturated carbocycles. The highest BCUT2D eigenvalue weighted by atomic mass is 32.2. The fourth-order valence-electron chi connectivity index (χ4n) is 1.10. The molecule has 0 radical (unpaired) electrons. The molecule has 0 aromatic carbocycles. The van der Waals surface area contributed by atoms with E-state index in [1.165, 1.54) is 0 Å². The molecule has 1 rings (SSSR count). The van der Waals surface area contributed by atoms with Crippen LogP contribution in [-0.4, -0.2) is 49.8 Å². The van der Waals surface area contributed by atoms with Crippen molar-refractivity contribution in [2.45, 2.75) is 0 Å². The van der Waals surface area contributed by atoms with Gasteiger partial charge in [0.05, 0.1) is 11.5 Å². The van der Waals surface area contributed by atoms with Gasteiger partial charge < -0.3 is 0 Å². The fraction of sp³-hybridized carbons (Fsp3) is 1.00. The van der Waals surface area contributed by atoms with Gasteiger partial charge in [0.25, 0.3) is 0 Å². The first kappa shape index (κ1) is 9.35. The molecule has 0 spiro atoms. The van der Waals surface area contributed by atoms with Crippen LogP contribution < -0.4 is 0 Å². The minimum Gasteiger partial charge on any atom is -0.269 e. The Bertz CT molecular complexity index is 209. The van der Waals surface area contributed by atoms with Gasteiger partial charge in [-0.2, -0.15) is 0 Å².